The number of hydrogen-bond donors (Lipinski definition) is 1. The lowest BCUT2D eigenvalue weighted by Gasteiger charge is -2.27. The minimum atomic E-state index is -4.48. The van der Waals surface area contributed by atoms with Crippen LogP contribution in [0.25, 0.3) is 10.8 Å². The van der Waals surface area contributed by atoms with Gasteiger partial charge in [-0.05, 0) is 30.7 Å². The molecule has 1 aromatic carbocycles. The van der Waals surface area contributed by atoms with Crippen LogP contribution in [0.5, 0.6) is 0 Å². The zero-order chi connectivity index (χ0) is 19.0. The smallest absolute Gasteiger partial charge is 0.243 e. The molecule has 25 heavy (non-hydrogen) atoms. The van der Waals surface area contributed by atoms with E-state index in [0.29, 0.717) is 5.39 Å². The number of hydrogen-bond acceptors (Lipinski definition) is 3. The second kappa shape index (κ2) is 6.57. The molecule has 8 heteroatoms. The average Bonchev–Trinajstić information content (AvgIpc) is 2.41. The molecule has 0 atom stereocenters. The molecule has 0 bridgehead atoms. The highest BCUT2D eigenvalue weighted by atomic mass is 32.2. The zero-order valence-electron chi connectivity index (χ0n) is 14.5. The van der Waals surface area contributed by atoms with Gasteiger partial charge in [-0.15, -0.1) is 0 Å². The molecule has 2 aromatic rings. The second-order valence-corrected chi connectivity index (χ2v) is 8.60. The number of alkyl halides is 3. The molecule has 0 saturated carbocycles. The highest BCUT2D eigenvalue weighted by Gasteiger charge is 2.39. The van der Waals surface area contributed by atoms with Crippen molar-refractivity contribution in [1.82, 2.24) is 9.71 Å². The van der Waals surface area contributed by atoms with Crippen molar-refractivity contribution in [1.29, 1.82) is 0 Å². The quantitative estimate of drug-likeness (QED) is 0.846. The SMILES string of the molecule is CC(C)c1cnc(S(=O)(=O)NC(C)(C)CC(F)(F)F)c2ccccc12. The Morgan fingerprint density at radius 2 is 1.68 bits per heavy atom. The van der Waals surface area contributed by atoms with Gasteiger partial charge < -0.3 is 0 Å². The minimum absolute atomic E-state index is 0.129. The van der Waals surface area contributed by atoms with Gasteiger partial charge in [-0.2, -0.15) is 13.2 Å². The van der Waals surface area contributed by atoms with E-state index in [1.54, 1.807) is 24.3 Å². The fraction of sp³-hybridized carbons (Fsp3) is 0.471. The van der Waals surface area contributed by atoms with Gasteiger partial charge in [-0.25, -0.2) is 18.1 Å². The maximum atomic E-state index is 12.7. The Balaban J connectivity index is 2.52. The number of nitrogens with zero attached hydrogens (tertiary/aromatic N) is 1. The Kier molecular flexibility index (Phi) is 5.16. The lowest BCUT2D eigenvalue weighted by atomic mass is 9.99. The number of benzene rings is 1. The van der Waals surface area contributed by atoms with E-state index in [2.05, 4.69) is 9.71 Å². The highest BCUT2D eigenvalue weighted by molar-refractivity contribution is 7.89. The van der Waals surface area contributed by atoms with Crippen molar-refractivity contribution in [3.63, 3.8) is 0 Å². The zero-order valence-corrected chi connectivity index (χ0v) is 15.3. The Bertz CT molecular complexity index is 875. The van der Waals surface area contributed by atoms with Gasteiger partial charge in [0, 0.05) is 17.1 Å². The van der Waals surface area contributed by atoms with Crippen molar-refractivity contribution in [2.45, 2.75) is 56.8 Å². The topological polar surface area (TPSA) is 59.1 Å². The highest BCUT2D eigenvalue weighted by Crippen LogP contribution is 2.31. The predicted octanol–water partition coefficient (Wildman–Crippen LogP) is 4.37. The van der Waals surface area contributed by atoms with Crippen molar-refractivity contribution in [3.05, 3.63) is 36.0 Å². The van der Waals surface area contributed by atoms with Gasteiger partial charge in [0.15, 0.2) is 5.03 Å². The molecule has 0 spiro atoms. The van der Waals surface area contributed by atoms with E-state index in [1.165, 1.54) is 20.0 Å². The van der Waals surface area contributed by atoms with Gasteiger partial charge in [0.25, 0.3) is 10.0 Å². The van der Waals surface area contributed by atoms with Crippen molar-refractivity contribution in [3.8, 4) is 0 Å². The lowest BCUT2D eigenvalue weighted by molar-refractivity contribution is -0.145. The van der Waals surface area contributed by atoms with Crippen LogP contribution >= 0.6 is 0 Å². The molecule has 0 aliphatic heterocycles. The molecule has 0 radical (unpaired) electrons. The van der Waals surface area contributed by atoms with Crippen LogP contribution in [0.2, 0.25) is 0 Å². The molecule has 1 aromatic heterocycles. The first-order valence-electron chi connectivity index (χ1n) is 7.81. The summed E-state index contributed by atoms with van der Waals surface area (Å²) in [5.74, 6) is 0.129. The summed E-state index contributed by atoms with van der Waals surface area (Å²) in [6.45, 7) is 6.32. The third kappa shape index (κ3) is 4.70. The molecule has 1 heterocycles. The first-order chi connectivity index (χ1) is 11.3. The third-order valence-corrected chi connectivity index (χ3v) is 5.37. The van der Waals surface area contributed by atoms with E-state index in [1.807, 2.05) is 13.8 Å². The minimum Gasteiger partial charge on any atom is -0.243 e. The molecule has 0 amide bonds. The fourth-order valence-corrected chi connectivity index (χ4v) is 4.37. The normalized spacial score (nSPS) is 13.6. The van der Waals surface area contributed by atoms with Crippen LogP contribution in [0.3, 0.4) is 0 Å². The molecular weight excluding hydrogens is 353 g/mol. The van der Waals surface area contributed by atoms with Crippen molar-refractivity contribution < 1.29 is 21.6 Å². The van der Waals surface area contributed by atoms with Gasteiger partial charge in [-0.3, -0.25) is 0 Å². The number of sulfonamides is 1. The molecule has 0 fully saturated rings. The summed E-state index contributed by atoms with van der Waals surface area (Å²) in [4.78, 5) is 4.05. The Hall–Kier alpha value is -1.67. The summed E-state index contributed by atoms with van der Waals surface area (Å²) in [5.41, 5.74) is -0.805. The first-order valence-corrected chi connectivity index (χ1v) is 9.29. The Morgan fingerprint density at radius 3 is 2.20 bits per heavy atom. The number of nitrogens with one attached hydrogen (secondary N) is 1. The summed E-state index contributed by atoms with van der Waals surface area (Å²) < 4.78 is 65.5. The van der Waals surface area contributed by atoms with Gasteiger partial charge in [0.2, 0.25) is 0 Å². The van der Waals surface area contributed by atoms with E-state index in [9.17, 15) is 21.6 Å². The number of halogens is 3. The summed E-state index contributed by atoms with van der Waals surface area (Å²) in [6, 6.07) is 6.85. The molecule has 4 nitrogen and oxygen atoms in total. The monoisotopic (exact) mass is 374 g/mol. The Labute approximate surface area is 145 Å². The van der Waals surface area contributed by atoms with E-state index in [4.69, 9.17) is 0 Å². The molecule has 0 aliphatic carbocycles. The molecule has 1 N–H and O–H groups in total. The summed E-state index contributed by atoms with van der Waals surface area (Å²) >= 11 is 0. The largest absolute Gasteiger partial charge is 0.390 e. The van der Waals surface area contributed by atoms with Crippen LogP contribution in [0.1, 0.15) is 45.6 Å². The van der Waals surface area contributed by atoms with Crippen LogP contribution in [0, 0.1) is 0 Å². The van der Waals surface area contributed by atoms with Crippen LogP contribution in [0.15, 0.2) is 35.5 Å². The molecule has 2 rings (SSSR count). The standard InChI is InChI=1S/C17H21F3N2O2S/c1-11(2)14-9-21-15(13-8-6-5-7-12(13)14)25(23,24)22-16(3,4)10-17(18,19)20/h5-9,11,22H,10H2,1-4H3. The molecule has 0 unspecified atom stereocenters. The molecule has 0 aliphatic rings. The van der Waals surface area contributed by atoms with Crippen LogP contribution in [-0.2, 0) is 10.0 Å². The maximum absolute atomic E-state index is 12.7. The van der Waals surface area contributed by atoms with E-state index in [0.717, 1.165) is 10.9 Å². The van der Waals surface area contributed by atoms with Crippen LogP contribution in [0.4, 0.5) is 13.2 Å². The summed E-state index contributed by atoms with van der Waals surface area (Å²) in [6.07, 6.45) is -4.29. The predicted molar refractivity (Wildman–Crippen MR) is 90.9 cm³/mol. The third-order valence-electron chi connectivity index (χ3n) is 3.72. The molecule has 138 valence electrons. The Morgan fingerprint density at radius 1 is 1.12 bits per heavy atom. The van der Waals surface area contributed by atoms with E-state index < -0.39 is 28.2 Å². The van der Waals surface area contributed by atoms with Crippen molar-refractivity contribution in [2.24, 2.45) is 0 Å². The van der Waals surface area contributed by atoms with Gasteiger partial charge in [0.1, 0.15) is 0 Å². The lowest BCUT2D eigenvalue weighted by Crippen LogP contribution is -2.46. The van der Waals surface area contributed by atoms with E-state index >= 15 is 0 Å². The fourth-order valence-electron chi connectivity index (χ4n) is 2.81. The summed E-state index contributed by atoms with van der Waals surface area (Å²) in [5, 5.41) is 0.855. The van der Waals surface area contributed by atoms with Gasteiger partial charge in [0.05, 0.1) is 6.42 Å². The number of aromatic nitrogens is 1. The van der Waals surface area contributed by atoms with Crippen LogP contribution in [-0.4, -0.2) is 25.1 Å². The van der Waals surface area contributed by atoms with Crippen LogP contribution < -0.4 is 4.72 Å². The number of fused-ring (bicyclic) bond motifs is 1. The number of rotatable bonds is 5. The molecular formula is C17H21F3N2O2S. The average molecular weight is 374 g/mol. The van der Waals surface area contributed by atoms with Crippen molar-refractivity contribution >= 4 is 20.8 Å². The van der Waals surface area contributed by atoms with Crippen molar-refractivity contribution in [2.75, 3.05) is 0 Å². The number of pyridine rings is 1. The maximum Gasteiger partial charge on any atom is 0.390 e. The first kappa shape index (κ1) is 19.7. The van der Waals surface area contributed by atoms with Gasteiger partial charge in [-0.1, -0.05) is 38.1 Å². The van der Waals surface area contributed by atoms with E-state index in [-0.39, 0.29) is 10.9 Å². The summed E-state index contributed by atoms with van der Waals surface area (Å²) in [7, 11) is -4.22. The second-order valence-electron chi connectivity index (χ2n) is 7.00. The molecule has 0 saturated heterocycles. The van der Waals surface area contributed by atoms with Gasteiger partial charge >= 0.3 is 6.18 Å².